The fourth-order valence-electron chi connectivity index (χ4n) is 4.45. The van der Waals surface area contributed by atoms with Crippen molar-refractivity contribution >= 4 is 30.6 Å². The fourth-order valence-corrected chi connectivity index (χ4v) is 5.93. The number of hydrogen-bond acceptors (Lipinski definition) is 8. The van der Waals surface area contributed by atoms with E-state index >= 15 is 0 Å². The minimum atomic E-state index is -0.772. The quantitative estimate of drug-likeness (QED) is 0.105. The number of thiol groups is 1. The summed E-state index contributed by atoms with van der Waals surface area (Å²) in [5.41, 5.74) is 2.22. The van der Waals surface area contributed by atoms with E-state index in [9.17, 15) is 4.79 Å². The van der Waals surface area contributed by atoms with E-state index in [1.54, 1.807) is 12.1 Å². The number of rotatable bonds is 14. The number of carbonyl (C=O) groups excluding carboxylic acids is 1. The van der Waals surface area contributed by atoms with Gasteiger partial charge in [0.15, 0.2) is 6.10 Å². The van der Waals surface area contributed by atoms with Gasteiger partial charge in [-0.3, -0.25) is 0 Å². The lowest BCUT2D eigenvalue weighted by Crippen LogP contribution is -2.60. The number of ether oxygens (including phenoxy) is 4. The van der Waals surface area contributed by atoms with Crippen LogP contribution in [0.3, 0.4) is 0 Å². The number of benzene rings is 2. The van der Waals surface area contributed by atoms with Crippen molar-refractivity contribution in [1.82, 2.24) is 0 Å². The summed E-state index contributed by atoms with van der Waals surface area (Å²) in [7, 11) is 0. The second-order valence-corrected chi connectivity index (χ2v) is 12.7. The number of carbonyl (C=O) groups is 1. The normalized spacial score (nSPS) is 23.2. The molecule has 1 aliphatic rings. The zero-order valence-corrected chi connectivity index (χ0v) is 26.5. The number of thioether (sulfide) groups is 1. The van der Waals surface area contributed by atoms with Crippen LogP contribution < -0.4 is 0 Å². The third kappa shape index (κ3) is 9.23. The predicted octanol–water partition coefficient (Wildman–Crippen LogP) is 7.57. The van der Waals surface area contributed by atoms with Crippen molar-refractivity contribution in [3.05, 3.63) is 65.2 Å². The number of hydrogen-bond donors (Lipinski definition) is 1. The first-order chi connectivity index (χ1) is 19.2. The van der Waals surface area contributed by atoms with Crippen LogP contribution in [0.5, 0.6) is 0 Å². The lowest BCUT2D eigenvalue weighted by atomic mass is 9.87. The average Bonchev–Trinajstić information content (AvgIpc) is 2.93. The maximum atomic E-state index is 13.3. The summed E-state index contributed by atoms with van der Waals surface area (Å²) in [6, 6.07) is 15.5. The number of aryl methyl sites for hydroxylation is 1. The monoisotopic (exact) mass is 590 g/mol. The van der Waals surface area contributed by atoms with Gasteiger partial charge in [-0.05, 0) is 67.4 Å². The van der Waals surface area contributed by atoms with E-state index in [-0.39, 0.29) is 5.41 Å². The Morgan fingerprint density at radius 2 is 1.68 bits per heavy atom. The maximum absolute atomic E-state index is 13.3. The largest absolute Gasteiger partial charge is 0.452 e. The molecule has 222 valence electrons. The van der Waals surface area contributed by atoms with E-state index in [1.807, 2.05) is 18.2 Å². The summed E-state index contributed by atoms with van der Waals surface area (Å²) in [6.45, 7) is 14.4. The van der Waals surface area contributed by atoms with Crippen LogP contribution in [0.25, 0.3) is 0 Å². The van der Waals surface area contributed by atoms with Gasteiger partial charge >= 0.3 is 5.97 Å². The van der Waals surface area contributed by atoms with Crippen LogP contribution in [0, 0.1) is 6.92 Å². The molecular weight excluding hydrogens is 544 g/mol. The van der Waals surface area contributed by atoms with Crippen LogP contribution in [-0.2, 0) is 28.5 Å². The first kappa shape index (κ1) is 33.0. The molecule has 0 bridgehead atoms. The Morgan fingerprint density at radius 1 is 0.975 bits per heavy atom. The van der Waals surface area contributed by atoms with Gasteiger partial charge in [0.05, 0.1) is 12.2 Å². The smallest absolute Gasteiger partial charge is 0.338 e. The third-order valence-corrected chi connectivity index (χ3v) is 8.54. The summed E-state index contributed by atoms with van der Waals surface area (Å²) >= 11 is 5.81. The number of unbranched alkanes of at least 4 members (excludes halogenated alkanes) is 2. The zero-order valence-electron chi connectivity index (χ0n) is 24.8. The standard InChI is InChI=1S/C32H46O6S2/c1-7-9-18-34-21-25-27(35-19-10-8-2)28(38-39)29(37-30(33)23-14-12-11-13-15-23)31(36-25)40-26-20-24(32(4,5)6)17-16-22(26)3/h11-17,20,25,27-29,31,39H,7-10,18-19,21H2,1-6H3/t25?,27-,28?,29+,31+/m1/s1. The molecule has 0 amide bonds. The Labute approximate surface area is 250 Å². The highest BCUT2D eigenvalue weighted by molar-refractivity contribution is 7.99. The van der Waals surface area contributed by atoms with E-state index in [0.717, 1.165) is 36.1 Å². The van der Waals surface area contributed by atoms with Gasteiger partial charge in [-0.1, -0.05) is 89.6 Å². The van der Waals surface area contributed by atoms with Gasteiger partial charge in [0.25, 0.3) is 0 Å². The highest BCUT2D eigenvalue weighted by Gasteiger charge is 2.50. The Kier molecular flexibility index (Phi) is 13.3. The van der Waals surface area contributed by atoms with Gasteiger partial charge in [-0.2, -0.15) is 0 Å². The van der Waals surface area contributed by atoms with Gasteiger partial charge in [0.1, 0.15) is 23.7 Å². The molecule has 0 aromatic heterocycles. The third-order valence-electron chi connectivity index (χ3n) is 7.00. The first-order valence-electron chi connectivity index (χ1n) is 14.4. The predicted molar refractivity (Wildman–Crippen MR) is 164 cm³/mol. The van der Waals surface area contributed by atoms with Crippen LogP contribution >= 0.6 is 24.7 Å². The molecule has 1 saturated heterocycles. The van der Waals surface area contributed by atoms with Crippen LogP contribution in [-0.4, -0.2) is 55.6 Å². The molecule has 1 aliphatic heterocycles. The molecule has 0 spiro atoms. The molecular formula is C32H46O6S2. The van der Waals surface area contributed by atoms with Gasteiger partial charge in [-0.25, -0.2) is 4.79 Å². The lowest BCUT2D eigenvalue weighted by molar-refractivity contribution is -0.215. The van der Waals surface area contributed by atoms with Crippen molar-refractivity contribution < 1.29 is 27.9 Å². The summed E-state index contributed by atoms with van der Waals surface area (Å²) in [4.78, 5) is 14.3. The molecule has 2 aromatic rings. The first-order valence-corrected chi connectivity index (χ1v) is 15.6. The summed E-state index contributed by atoms with van der Waals surface area (Å²) in [5, 5.41) is 0. The second-order valence-electron chi connectivity index (χ2n) is 11.3. The summed E-state index contributed by atoms with van der Waals surface area (Å²) < 4.78 is 30.9. The Bertz CT molecular complexity index is 1040. The molecule has 0 saturated carbocycles. The van der Waals surface area contributed by atoms with Crippen molar-refractivity contribution in [1.29, 1.82) is 0 Å². The molecule has 5 atom stereocenters. The fraction of sp³-hybridized carbons (Fsp3) is 0.594. The van der Waals surface area contributed by atoms with Crippen LogP contribution in [0.15, 0.2) is 53.4 Å². The maximum Gasteiger partial charge on any atom is 0.338 e. The van der Waals surface area contributed by atoms with Gasteiger partial charge < -0.3 is 23.1 Å². The van der Waals surface area contributed by atoms with Gasteiger partial charge in [-0.15, -0.1) is 0 Å². The van der Waals surface area contributed by atoms with Crippen LogP contribution in [0.1, 0.15) is 81.8 Å². The van der Waals surface area contributed by atoms with Crippen molar-refractivity contribution in [2.45, 2.75) is 107 Å². The van der Waals surface area contributed by atoms with Crippen LogP contribution in [0.2, 0.25) is 0 Å². The minimum Gasteiger partial charge on any atom is -0.452 e. The molecule has 1 heterocycles. The average molecular weight is 591 g/mol. The highest BCUT2D eigenvalue weighted by Crippen LogP contribution is 2.40. The second kappa shape index (κ2) is 16.2. The van der Waals surface area contributed by atoms with E-state index < -0.39 is 35.8 Å². The Hall–Kier alpha value is -1.55. The van der Waals surface area contributed by atoms with E-state index in [1.165, 1.54) is 17.3 Å². The molecule has 1 fully saturated rings. The highest BCUT2D eigenvalue weighted by atomic mass is 32.2. The Balaban J connectivity index is 1.97. The molecule has 0 aliphatic carbocycles. The van der Waals surface area contributed by atoms with Crippen molar-refractivity contribution in [3.63, 3.8) is 0 Å². The van der Waals surface area contributed by atoms with E-state index in [0.29, 0.717) is 25.4 Å². The van der Waals surface area contributed by atoms with Crippen LogP contribution in [0.4, 0.5) is 0 Å². The van der Waals surface area contributed by atoms with Gasteiger partial charge in [0, 0.05) is 18.1 Å². The molecule has 2 aromatic carbocycles. The molecule has 6 nitrogen and oxygen atoms in total. The molecule has 2 unspecified atom stereocenters. The number of esters is 1. The summed E-state index contributed by atoms with van der Waals surface area (Å²) in [6.07, 6.45) is 1.53. The SMILES string of the molecule is CCCCOCC1O[C@@H](Sc2cc(C(C)(C)C)ccc2C)[C@@H](OC(=O)c2ccccc2)C(OS)[C@@H]1OCCCC. The molecule has 0 radical (unpaired) electrons. The van der Waals surface area contributed by atoms with E-state index in [2.05, 4.69) is 72.7 Å². The summed E-state index contributed by atoms with van der Waals surface area (Å²) in [5.74, 6) is -0.444. The lowest BCUT2D eigenvalue weighted by Gasteiger charge is -2.44. The van der Waals surface area contributed by atoms with Crippen molar-refractivity contribution in [2.24, 2.45) is 0 Å². The minimum absolute atomic E-state index is 0.0137. The molecule has 0 N–H and O–H groups in total. The topological polar surface area (TPSA) is 63.2 Å². The molecule has 40 heavy (non-hydrogen) atoms. The molecule has 8 heteroatoms. The van der Waals surface area contributed by atoms with E-state index in [4.69, 9.17) is 23.1 Å². The van der Waals surface area contributed by atoms with Crippen molar-refractivity contribution in [3.8, 4) is 0 Å². The molecule has 3 rings (SSSR count). The zero-order chi connectivity index (χ0) is 29.1. The Morgan fingerprint density at radius 3 is 2.33 bits per heavy atom. The van der Waals surface area contributed by atoms with Crippen molar-refractivity contribution in [2.75, 3.05) is 19.8 Å². The van der Waals surface area contributed by atoms with Gasteiger partial charge in [0.2, 0.25) is 0 Å².